The Morgan fingerprint density at radius 1 is 0.880 bits per heavy atom. The highest BCUT2D eigenvalue weighted by molar-refractivity contribution is 5.99. The Balaban J connectivity index is 1.66. The Hall–Kier alpha value is -2.37. The molecule has 3 heterocycles. The molecule has 0 saturated carbocycles. The number of hydrogen-bond acceptors (Lipinski definition) is 5. The van der Waals surface area contributed by atoms with Gasteiger partial charge in [-0.3, -0.25) is 4.79 Å². The fourth-order valence-corrected chi connectivity index (χ4v) is 3.99. The van der Waals surface area contributed by atoms with E-state index in [0.29, 0.717) is 12.8 Å². The molecule has 25 heavy (non-hydrogen) atoms. The fraction of sp³-hybridized carbons (Fsp3) is 0.526. The second-order valence-corrected chi connectivity index (χ2v) is 7.04. The van der Waals surface area contributed by atoms with Gasteiger partial charge in [-0.25, -0.2) is 0 Å². The van der Waals surface area contributed by atoms with Gasteiger partial charge < -0.3 is 14.9 Å². The van der Waals surface area contributed by atoms with E-state index in [1.54, 1.807) is 0 Å². The molecule has 0 bridgehead atoms. The van der Waals surface area contributed by atoms with E-state index in [4.69, 9.17) is 0 Å². The number of aliphatic carboxylic acids is 1. The van der Waals surface area contributed by atoms with Gasteiger partial charge in [0.05, 0.1) is 5.92 Å². The lowest BCUT2D eigenvalue weighted by Crippen LogP contribution is -2.37. The lowest BCUT2D eigenvalue weighted by molar-refractivity contribution is -0.142. The lowest BCUT2D eigenvalue weighted by atomic mass is 9.97. The minimum absolute atomic E-state index is 0.233. The topological polar surface area (TPSA) is 69.6 Å². The van der Waals surface area contributed by atoms with E-state index in [9.17, 15) is 9.90 Å². The summed E-state index contributed by atoms with van der Waals surface area (Å²) in [5.41, 5.74) is 0. The molecule has 2 saturated heterocycles. The Kier molecular flexibility index (Phi) is 4.42. The van der Waals surface area contributed by atoms with Crippen molar-refractivity contribution in [1.82, 2.24) is 10.2 Å². The highest BCUT2D eigenvalue weighted by Crippen LogP contribution is 2.33. The molecule has 2 fully saturated rings. The van der Waals surface area contributed by atoms with Crippen LogP contribution in [0.1, 0.15) is 32.1 Å². The summed E-state index contributed by atoms with van der Waals surface area (Å²) < 4.78 is 0. The third-order valence-electron chi connectivity index (χ3n) is 5.45. The minimum Gasteiger partial charge on any atom is -0.481 e. The standard InChI is InChI=1S/C19H24N4O2/c24-19(25)14-8-12-23(13-9-14)18-16-7-3-2-6-15(16)17(20-21-18)22-10-4-1-5-11-22/h2-3,6-7,14H,1,4-5,8-13H2,(H,24,25). The third kappa shape index (κ3) is 3.13. The first-order valence-corrected chi connectivity index (χ1v) is 9.22. The first kappa shape index (κ1) is 16.1. The molecule has 2 aliphatic heterocycles. The number of piperidine rings is 2. The summed E-state index contributed by atoms with van der Waals surface area (Å²) in [7, 11) is 0. The summed E-state index contributed by atoms with van der Waals surface area (Å²) in [5.74, 6) is 0.957. The van der Waals surface area contributed by atoms with E-state index in [1.165, 1.54) is 19.3 Å². The van der Waals surface area contributed by atoms with Crippen LogP contribution in [0.5, 0.6) is 0 Å². The molecule has 0 amide bonds. The zero-order valence-electron chi connectivity index (χ0n) is 14.4. The highest BCUT2D eigenvalue weighted by Gasteiger charge is 2.27. The Morgan fingerprint density at radius 2 is 1.40 bits per heavy atom. The fourth-order valence-electron chi connectivity index (χ4n) is 3.99. The van der Waals surface area contributed by atoms with Gasteiger partial charge in [-0.2, -0.15) is 0 Å². The molecule has 0 atom stereocenters. The van der Waals surface area contributed by atoms with E-state index in [1.807, 2.05) is 6.07 Å². The van der Waals surface area contributed by atoms with Crippen molar-refractivity contribution >= 4 is 28.4 Å². The molecule has 2 aromatic rings. The average molecular weight is 340 g/mol. The molecule has 0 spiro atoms. The van der Waals surface area contributed by atoms with E-state index in [-0.39, 0.29) is 5.92 Å². The number of aromatic nitrogens is 2. The molecule has 6 heteroatoms. The number of rotatable bonds is 3. The molecular formula is C19H24N4O2. The number of nitrogens with zero attached hydrogens (tertiary/aromatic N) is 4. The number of carboxylic acid groups (broad SMARTS) is 1. The van der Waals surface area contributed by atoms with Crippen molar-refractivity contribution in [3.8, 4) is 0 Å². The predicted octanol–water partition coefficient (Wildman–Crippen LogP) is 2.92. The molecule has 1 N–H and O–H groups in total. The number of benzene rings is 1. The van der Waals surface area contributed by atoms with Crippen LogP contribution in [-0.4, -0.2) is 47.5 Å². The summed E-state index contributed by atoms with van der Waals surface area (Å²) >= 11 is 0. The largest absolute Gasteiger partial charge is 0.481 e. The van der Waals surface area contributed by atoms with Crippen LogP contribution in [-0.2, 0) is 4.79 Å². The van der Waals surface area contributed by atoms with Crippen molar-refractivity contribution in [3.05, 3.63) is 24.3 Å². The SMILES string of the molecule is O=C(O)C1CCN(c2nnc(N3CCCCC3)c3ccccc23)CC1. The van der Waals surface area contributed by atoms with Gasteiger partial charge in [-0.05, 0) is 32.1 Å². The molecule has 2 aliphatic rings. The predicted molar refractivity (Wildman–Crippen MR) is 98.2 cm³/mol. The van der Waals surface area contributed by atoms with Gasteiger partial charge in [0.2, 0.25) is 0 Å². The smallest absolute Gasteiger partial charge is 0.306 e. The van der Waals surface area contributed by atoms with Crippen LogP contribution in [0.4, 0.5) is 11.6 Å². The maximum atomic E-state index is 11.2. The highest BCUT2D eigenvalue weighted by atomic mass is 16.4. The zero-order valence-corrected chi connectivity index (χ0v) is 14.4. The molecule has 0 radical (unpaired) electrons. The molecule has 0 unspecified atom stereocenters. The van der Waals surface area contributed by atoms with Crippen molar-refractivity contribution in [1.29, 1.82) is 0 Å². The Labute approximate surface area is 147 Å². The van der Waals surface area contributed by atoms with Gasteiger partial charge in [-0.1, -0.05) is 24.3 Å². The second kappa shape index (κ2) is 6.86. The van der Waals surface area contributed by atoms with Gasteiger partial charge in [0.15, 0.2) is 11.6 Å². The monoisotopic (exact) mass is 340 g/mol. The van der Waals surface area contributed by atoms with E-state index in [2.05, 4.69) is 38.2 Å². The van der Waals surface area contributed by atoms with Crippen LogP contribution >= 0.6 is 0 Å². The molecule has 1 aromatic heterocycles. The Bertz CT molecular complexity index is 765. The molecule has 4 rings (SSSR count). The molecule has 132 valence electrons. The van der Waals surface area contributed by atoms with Crippen molar-refractivity contribution in [2.75, 3.05) is 36.0 Å². The maximum absolute atomic E-state index is 11.2. The van der Waals surface area contributed by atoms with Gasteiger partial charge in [0.25, 0.3) is 0 Å². The van der Waals surface area contributed by atoms with Crippen LogP contribution in [0.3, 0.4) is 0 Å². The molecular weight excluding hydrogens is 316 g/mol. The van der Waals surface area contributed by atoms with Crippen molar-refractivity contribution in [2.24, 2.45) is 5.92 Å². The van der Waals surface area contributed by atoms with E-state index in [0.717, 1.165) is 48.6 Å². The van der Waals surface area contributed by atoms with E-state index < -0.39 is 5.97 Å². The molecule has 1 aromatic carbocycles. The van der Waals surface area contributed by atoms with Crippen LogP contribution in [0, 0.1) is 5.92 Å². The molecule has 6 nitrogen and oxygen atoms in total. The first-order chi connectivity index (χ1) is 12.2. The van der Waals surface area contributed by atoms with Crippen LogP contribution in [0.2, 0.25) is 0 Å². The average Bonchev–Trinajstić information content (AvgIpc) is 2.68. The Morgan fingerprint density at radius 3 is 1.92 bits per heavy atom. The normalized spacial score (nSPS) is 19.4. The number of anilines is 2. The lowest BCUT2D eigenvalue weighted by Gasteiger charge is -2.33. The van der Waals surface area contributed by atoms with Gasteiger partial charge in [-0.15, -0.1) is 10.2 Å². The summed E-state index contributed by atoms with van der Waals surface area (Å²) in [6.07, 6.45) is 5.04. The van der Waals surface area contributed by atoms with Crippen LogP contribution < -0.4 is 9.80 Å². The van der Waals surface area contributed by atoms with Crippen molar-refractivity contribution < 1.29 is 9.90 Å². The second-order valence-electron chi connectivity index (χ2n) is 7.04. The van der Waals surface area contributed by atoms with E-state index >= 15 is 0 Å². The number of carboxylic acids is 1. The quantitative estimate of drug-likeness (QED) is 0.926. The summed E-state index contributed by atoms with van der Waals surface area (Å²) in [5, 5.41) is 20.6. The number of fused-ring (bicyclic) bond motifs is 1. The van der Waals surface area contributed by atoms with Crippen LogP contribution in [0.15, 0.2) is 24.3 Å². The first-order valence-electron chi connectivity index (χ1n) is 9.22. The van der Waals surface area contributed by atoms with Gasteiger partial charge in [0, 0.05) is 37.0 Å². The van der Waals surface area contributed by atoms with Gasteiger partial charge >= 0.3 is 5.97 Å². The summed E-state index contributed by atoms with van der Waals surface area (Å²) in [6, 6.07) is 8.33. The minimum atomic E-state index is -0.684. The van der Waals surface area contributed by atoms with Crippen molar-refractivity contribution in [2.45, 2.75) is 32.1 Å². The number of hydrogen-bond donors (Lipinski definition) is 1. The number of carbonyl (C=O) groups is 1. The third-order valence-corrected chi connectivity index (χ3v) is 5.45. The van der Waals surface area contributed by atoms with Crippen molar-refractivity contribution in [3.63, 3.8) is 0 Å². The maximum Gasteiger partial charge on any atom is 0.306 e. The zero-order chi connectivity index (χ0) is 17.2. The van der Waals surface area contributed by atoms with Gasteiger partial charge in [0.1, 0.15) is 0 Å². The summed E-state index contributed by atoms with van der Waals surface area (Å²) in [6.45, 7) is 3.53. The molecule has 0 aliphatic carbocycles. The summed E-state index contributed by atoms with van der Waals surface area (Å²) in [4.78, 5) is 15.7. The van der Waals surface area contributed by atoms with Crippen LogP contribution in [0.25, 0.3) is 10.8 Å².